The number of aliphatic imine (C=N–C) groups is 1. The molecule has 2 aromatic rings. The fourth-order valence-corrected chi connectivity index (χ4v) is 5.65. The summed E-state index contributed by atoms with van der Waals surface area (Å²) in [7, 11) is 1.64. The zero-order valence-electron chi connectivity index (χ0n) is 15.0. The molecule has 2 aliphatic rings. The van der Waals surface area contributed by atoms with Gasteiger partial charge >= 0.3 is 0 Å². The summed E-state index contributed by atoms with van der Waals surface area (Å²) in [6, 6.07) is 6.30. The van der Waals surface area contributed by atoms with Gasteiger partial charge in [0, 0.05) is 33.3 Å². The van der Waals surface area contributed by atoms with E-state index in [2.05, 4.69) is 17.1 Å². The highest BCUT2D eigenvalue weighted by Crippen LogP contribution is 2.48. The van der Waals surface area contributed by atoms with E-state index in [0.29, 0.717) is 5.88 Å². The summed E-state index contributed by atoms with van der Waals surface area (Å²) in [5.74, 6) is 1.71. The molecule has 25 heavy (non-hydrogen) atoms. The van der Waals surface area contributed by atoms with Crippen LogP contribution in [0.1, 0.15) is 43.6 Å². The lowest BCUT2D eigenvalue weighted by molar-refractivity contribution is 0.368. The van der Waals surface area contributed by atoms with E-state index in [-0.39, 0.29) is 5.54 Å². The van der Waals surface area contributed by atoms with Crippen molar-refractivity contribution < 1.29 is 4.74 Å². The van der Waals surface area contributed by atoms with Gasteiger partial charge in [-0.3, -0.25) is 4.99 Å². The molecule has 0 radical (unpaired) electrons. The van der Waals surface area contributed by atoms with Crippen LogP contribution < -0.4 is 10.5 Å². The number of nitrogens with zero attached hydrogens (tertiary/aromatic N) is 2. The average Bonchev–Trinajstić information content (AvgIpc) is 3.10. The quantitative estimate of drug-likeness (QED) is 0.817. The van der Waals surface area contributed by atoms with Gasteiger partial charge in [-0.2, -0.15) is 0 Å². The highest BCUT2D eigenvalue weighted by molar-refractivity contribution is 8.13. The lowest BCUT2D eigenvalue weighted by atomic mass is 9.78. The van der Waals surface area contributed by atoms with Gasteiger partial charge in [0.15, 0.2) is 5.17 Å². The molecule has 2 N–H and O–H groups in total. The fraction of sp³-hybridized carbons (Fsp3) is 0.474. The second-order valence-corrected chi connectivity index (χ2v) is 8.22. The zero-order chi connectivity index (χ0) is 17.9. The van der Waals surface area contributed by atoms with E-state index >= 15 is 0 Å². The van der Waals surface area contributed by atoms with Gasteiger partial charge in [0.2, 0.25) is 5.88 Å². The highest BCUT2D eigenvalue weighted by atomic mass is 32.2. The molecule has 0 saturated heterocycles. The summed E-state index contributed by atoms with van der Waals surface area (Å²) in [4.78, 5) is 11.9. The van der Waals surface area contributed by atoms with Gasteiger partial charge in [-0.15, -0.1) is 11.3 Å². The van der Waals surface area contributed by atoms with Crippen molar-refractivity contribution in [2.24, 2.45) is 10.7 Å². The molecule has 0 bridgehead atoms. The summed E-state index contributed by atoms with van der Waals surface area (Å²) in [5.41, 5.74) is 8.49. The molecule has 1 unspecified atom stereocenters. The number of hydrogen-bond acceptors (Lipinski definition) is 6. The van der Waals surface area contributed by atoms with Crippen LogP contribution in [0.4, 0.5) is 0 Å². The molecule has 1 atom stereocenters. The van der Waals surface area contributed by atoms with E-state index in [0.717, 1.165) is 35.7 Å². The molecular formula is C19H25N3OS2. The first-order chi connectivity index (χ1) is 12.2. The average molecular weight is 376 g/mol. The Bertz CT molecular complexity index is 755. The molecule has 1 aliphatic carbocycles. The maximum absolute atomic E-state index is 6.04. The minimum absolute atomic E-state index is 0.0857. The van der Waals surface area contributed by atoms with E-state index in [1.165, 1.54) is 21.7 Å². The third-order valence-electron chi connectivity index (χ3n) is 4.62. The Morgan fingerprint density at radius 2 is 2.08 bits per heavy atom. The van der Waals surface area contributed by atoms with Crippen LogP contribution in [-0.2, 0) is 12.0 Å². The second-order valence-electron chi connectivity index (χ2n) is 5.97. The predicted molar refractivity (Wildman–Crippen MR) is 109 cm³/mol. The zero-order valence-corrected chi connectivity index (χ0v) is 16.7. The fourth-order valence-electron chi connectivity index (χ4n) is 3.47. The van der Waals surface area contributed by atoms with Crippen molar-refractivity contribution in [3.05, 3.63) is 34.8 Å². The van der Waals surface area contributed by atoms with Crippen molar-refractivity contribution in [3.8, 4) is 16.3 Å². The normalized spacial score (nSPS) is 21.8. The summed E-state index contributed by atoms with van der Waals surface area (Å²) in [6.45, 7) is 4.00. The summed E-state index contributed by atoms with van der Waals surface area (Å²) in [6.07, 6.45) is 6.42. The third-order valence-corrected chi connectivity index (χ3v) is 6.66. The van der Waals surface area contributed by atoms with Crippen molar-refractivity contribution >= 4 is 28.3 Å². The van der Waals surface area contributed by atoms with Crippen molar-refractivity contribution in [1.29, 1.82) is 0 Å². The molecule has 3 heterocycles. The molecule has 0 amide bonds. The number of thiophene rings is 1. The number of rotatable bonds is 2. The number of hydrogen-bond donors (Lipinski definition) is 1. The maximum atomic E-state index is 6.04. The minimum atomic E-state index is -0.0857. The van der Waals surface area contributed by atoms with Gasteiger partial charge in [0.1, 0.15) is 0 Å². The summed E-state index contributed by atoms with van der Waals surface area (Å²) in [5, 5.41) is 0.739. The third kappa shape index (κ3) is 3.55. The van der Waals surface area contributed by atoms with E-state index in [1.807, 2.05) is 37.4 Å². The van der Waals surface area contributed by atoms with Gasteiger partial charge in [-0.1, -0.05) is 25.6 Å². The first-order valence-electron chi connectivity index (χ1n) is 8.82. The number of fused-ring (bicyclic) bond motifs is 2. The minimum Gasteiger partial charge on any atom is -0.481 e. The lowest BCUT2D eigenvalue weighted by Crippen LogP contribution is -2.34. The number of aryl methyl sites for hydroxylation is 1. The Kier molecular flexibility index (Phi) is 5.69. The monoisotopic (exact) mass is 375 g/mol. The van der Waals surface area contributed by atoms with Gasteiger partial charge in [0.05, 0.1) is 12.6 Å². The van der Waals surface area contributed by atoms with E-state index in [9.17, 15) is 0 Å². The number of nitrogens with two attached hydrogens (primary N) is 1. The SMILES string of the molecule is CC.COc1ccc(-c2cc3c(s2)CCCC32CCSC(N)=N2)cn1. The van der Waals surface area contributed by atoms with Crippen LogP contribution in [-0.4, -0.2) is 23.0 Å². The van der Waals surface area contributed by atoms with Crippen LogP contribution in [0.15, 0.2) is 29.4 Å². The topological polar surface area (TPSA) is 60.5 Å². The molecular weight excluding hydrogens is 350 g/mol. The van der Waals surface area contributed by atoms with E-state index in [1.54, 1.807) is 18.9 Å². The van der Waals surface area contributed by atoms with Crippen molar-refractivity contribution in [2.45, 2.75) is 45.1 Å². The van der Waals surface area contributed by atoms with Gasteiger partial charge in [-0.25, -0.2) is 4.98 Å². The standard InChI is InChI=1S/C17H19N3OS2.C2H6/c1-21-15-5-4-11(10-19-15)14-9-12-13(23-14)3-2-6-17(12)7-8-22-16(18)20-17;1-2/h4-5,9-10H,2-3,6-8H2,1H3,(H2,18,20);1-2H3. The predicted octanol–water partition coefficient (Wildman–Crippen LogP) is 4.83. The van der Waals surface area contributed by atoms with Crippen LogP contribution in [0.5, 0.6) is 5.88 Å². The largest absolute Gasteiger partial charge is 0.481 e. The highest BCUT2D eigenvalue weighted by Gasteiger charge is 2.39. The number of methoxy groups -OCH3 is 1. The van der Waals surface area contributed by atoms with Crippen LogP contribution in [0.2, 0.25) is 0 Å². The Labute approximate surface area is 157 Å². The first-order valence-corrected chi connectivity index (χ1v) is 10.6. The van der Waals surface area contributed by atoms with Crippen LogP contribution >= 0.6 is 23.1 Å². The Morgan fingerprint density at radius 1 is 1.24 bits per heavy atom. The summed E-state index contributed by atoms with van der Waals surface area (Å²) < 4.78 is 5.15. The molecule has 1 aliphatic heterocycles. The van der Waals surface area contributed by atoms with E-state index < -0.39 is 0 Å². The summed E-state index contributed by atoms with van der Waals surface area (Å²) >= 11 is 3.55. The molecule has 4 rings (SSSR count). The Morgan fingerprint density at radius 3 is 2.76 bits per heavy atom. The number of pyridine rings is 1. The Hall–Kier alpha value is -1.53. The van der Waals surface area contributed by atoms with Gasteiger partial charge in [0.25, 0.3) is 0 Å². The molecule has 0 saturated carbocycles. The number of aromatic nitrogens is 1. The van der Waals surface area contributed by atoms with Gasteiger partial charge in [-0.05, 0) is 43.4 Å². The molecule has 4 nitrogen and oxygen atoms in total. The maximum Gasteiger partial charge on any atom is 0.212 e. The van der Waals surface area contributed by atoms with Gasteiger partial charge < -0.3 is 10.5 Å². The Balaban J connectivity index is 0.000000880. The number of amidine groups is 1. The molecule has 6 heteroatoms. The van der Waals surface area contributed by atoms with Crippen molar-refractivity contribution in [1.82, 2.24) is 4.98 Å². The second kappa shape index (κ2) is 7.79. The number of thioether (sulfide) groups is 1. The molecule has 1 spiro atoms. The first kappa shape index (κ1) is 18.3. The molecule has 2 aromatic heterocycles. The van der Waals surface area contributed by atoms with Crippen molar-refractivity contribution in [2.75, 3.05) is 12.9 Å². The lowest BCUT2D eigenvalue weighted by Gasteiger charge is -2.36. The van der Waals surface area contributed by atoms with Crippen molar-refractivity contribution in [3.63, 3.8) is 0 Å². The molecule has 0 fully saturated rings. The van der Waals surface area contributed by atoms with Crippen LogP contribution in [0.25, 0.3) is 10.4 Å². The van der Waals surface area contributed by atoms with E-state index in [4.69, 9.17) is 15.5 Å². The van der Waals surface area contributed by atoms with Crippen LogP contribution in [0.3, 0.4) is 0 Å². The molecule has 134 valence electrons. The smallest absolute Gasteiger partial charge is 0.212 e. The van der Waals surface area contributed by atoms with Crippen LogP contribution in [0, 0.1) is 0 Å². The molecule has 0 aromatic carbocycles. The number of ether oxygens (including phenoxy) is 1.